The number of aryl methyl sites for hydroxylation is 1. The van der Waals surface area contributed by atoms with E-state index in [1.54, 1.807) is 35.2 Å². The first-order valence-electron chi connectivity index (χ1n) is 12.7. The van der Waals surface area contributed by atoms with Gasteiger partial charge in [0.2, 0.25) is 5.88 Å². The van der Waals surface area contributed by atoms with Gasteiger partial charge < -0.3 is 19.3 Å². The Labute approximate surface area is 224 Å². The highest BCUT2D eigenvalue weighted by molar-refractivity contribution is 5.94. The van der Waals surface area contributed by atoms with E-state index in [2.05, 4.69) is 15.0 Å². The molecule has 2 amide bonds. The topological polar surface area (TPSA) is 76.0 Å². The van der Waals surface area contributed by atoms with Gasteiger partial charge >= 0.3 is 12.2 Å². The van der Waals surface area contributed by atoms with Crippen LogP contribution in [-0.2, 0) is 30.7 Å². The molecule has 0 atom stereocenters. The standard InChI is InChI=1S/C27H31F3N6O3/c1-18-8-11-31-25(39-3)23(18)33-12-9-21(10-13-33)35-16-20-14-34(17-38-2)32-24(20)36(26(35)37)15-19-6-4-5-7-22(19)27(28,29)30/h4-8,11,14,21H,9-10,12-13,15-17H2,1-3H3. The van der Waals surface area contributed by atoms with E-state index >= 15 is 0 Å². The fourth-order valence-electron chi connectivity index (χ4n) is 5.48. The van der Waals surface area contributed by atoms with Crippen LogP contribution < -0.4 is 14.5 Å². The fraction of sp³-hybridized carbons (Fsp3) is 0.444. The number of ether oxygens (including phenoxy) is 2. The van der Waals surface area contributed by atoms with Crippen molar-refractivity contribution >= 4 is 17.5 Å². The SMILES string of the molecule is COCn1cc2c(n1)N(Cc1ccccc1C(F)(F)F)C(=O)N(C1CCN(c3c(C)ccnc3OC)CC1)C2. The molecule has 2 aliphatic heterocycles. The van der Waals surface area contributed by atoms with Crippen LogP contribution in [0.3, 0.4) is 0 Å². The lowest BCUT2D eigenvalue weighted by Crippen LogP contribution is -2.54. The summed E-state index contributed by atoms with van der Waals surface area (Å²) in [5.41, 5.74) is 2.02. The zero-order valence-corrected chi connectivity index (χ0v) is 22.1. The van der Waals surface area contributed by atoms with Crippen molar-refractivity contribution in [2.24, 2.45) is 0 Å². The zero-order valence-electron chi connectivity index (χ0n) is 22.1. The number of fused-ring (bicyclic) bond motifs is 1. The summed E-state index contributed by atoms with van der Waals surface area (Å²) in [6.45, 7) is 3.63. The summed E-state index contributed by atoms with van der Waals surface area (Å²) in [6.07, 6.45) is 0.352. The number of urea groups is 1. The number of anilines is 2. The maximum Gasteiger partial charge on any atom is 0.416 e. The minimum absolute atomic E-state index is 0.0152. The summed E-state index contributed by atoms with van der Waals surface area (Å²) in [5, 5.41) is 4.48. The maximum atomic E-state index is 13.9. The molecule has 2 aliphatic rings. The molecule has 0 bridgehead atoms. The van der Waals surface area contributed by atoms with Crippen molar-refractivity contribution in [3.05, 3.63) is 65.0 Å². The van der Waals surface area contributed by atoms with Crippen LogP contribution in [0.4, 0.5) is 29.5 Å². The van der Waals surface area contributed by atoms with Crippen LogP contribution in [0.2, 0.25) is 0 Å². The molecule has 0 saturated carbocycles. The van der Waals surface area contributed by atoms with E-state index in [0.29, 0.717) is 44.2 Å². The monoisotopic (exact) mass is 544 g/mol. The number of methoxy groups -OCH3 is 2. The first-order valence-corrected chi connectivity index (χ1v) is 12.7. The van der Waals surface area contributed by atoms with E-state index in [1.807, 2.05) is 13.0 Å². The summed E-state index contributed by atoms with van der Waals surface area (Å²) in [5.74, 6) is 0.922. The number of nitrogens with zero attached hydrogens (tertiary/aromatic N) is 6. The molecule has 2 aromatic heterocycles. The number of amides is 2. The van der Waals surface area contributed by atoms with Crippen molar-refractivity contribution in [2.45, 2.75) is 51.8 Å². The molecule has 0 unspecified atom stereocenters. The van der Waals surface area contributed by atoms with Gasteiger partial charge in [-0.25, -0.2) is 14.5 Å². The molecule has 3 aromatic rings. The Bertz CT molecular complexity index is 1340. The molecule has 0 N–H and O–H groups in total. The molecule has 4 heterocycles. The number of aromatic nitrogens is 3. The van der Waals surface area contributed by atoms with E-state index < -0.39 is 11.7 Å². The van der Waals surface area contributed by atoms with Crippen LogP contribution >= 0.6 is 0 Å². The van der Waals surface area contributed by atoms with Crippen LogP contribution in [0.1, 0.15) is 35.1 Å². The number of alkyl halides is 3. The lowest BCUT2D eigenvalue weighted by Gasteiger charge is -2.43. The summed E-state index contributed by atoms with van der Waals surface area (Å²) >= 11 is 0. The molecule has 39 heavy (non-hydrogen) atoms. The van der Waals surface area contributed by atoms with Gasteiger partial charge in [0.05, 0.1) is 25.8 Å². The fourth-order valence-corrected chi connectivity index (χ4v) is 5.48. The predicted octanol–water partition coefficient (Wildman–Crippen LogP) is 4.83. The second kappa shape index (κ2) is 10.8. The van der Waals surface area contributed by atoms with Crippen molar-refractivity contribution in [2.75, 3.05) is 37.1 Å². The Balaban J connectivity index is 1.41. The highest BCUT2D eigenvalue weighted by Gasteiger charge is 2.40. The van der Waals surface area contributed by atoms with Crippen molar-refractivity contribution < 1.29 is 27.4 Å². The van der Waals surface area contributed by atoms with Crippen LogP contribution in [0.5, 0.6) is 5.88 Å². The second-order valence-corrected chi connectivity index (χ2v) is 9.79. The van der Waals surface area contributed by atoms with Gasteiger partial charge in [0.25, 0.3) is 0 Å². The van der Waals surface area contributed by atoms with Crippen molar-refractivity contribution in [1.29, 1.82) is 0 Å². The average molecular weight is 545 g/mol. The lowest BCUT2D eigenvalue weighted by atomic mass is 10.00. The number of hydrogen-bond donors (Lipinski definition) is 0. The molecule has 0 spiro atoms. The number of pyridine rings is 1. The molecule has 1 aromatic carbocycles. The van der Waals surface area contributed by atoms with Gasteiger partial charge in [-0.15, -0.1) is 0 Å². The zero-order chi connectivity index (χ0) is 27.7. The molecular weight excluding hydrogens is 513 g/mol. The quantitative estimate of drug-likeness (QED) is 0.424. The highest BCUT2D eigenvalue weighted by Crippen LogP contribution is 2.37. The van der Waals surface area contributed by atoms with Gasteiger partial charge in [0.1, 0.15) is 12.4 Å². The first kappa shape index (κ1) is 26.8. The normalized spacial score (nSPS) is 16.6. The summed E-state index contributed by atoms with van der Waals surface area (Å²) in [4.78, 5) is 23.5. The number of carbonyl (C=O) groups excluding carboxylic acids is 1. The molecule has 1 saturated heterocycles. The third-order valence-corrected chi connectivity index (χ3v) is 7.31. The lowest BCUT2D eigenvalue weighted by molar-refractivity contribution is -0.138. The Morgan fingerprint density at radius 2 is 1.85 bits per heavy atom. The number of halogens is 3. The van der Waals surface area contributed by atoms with Gasteiger partial charge in [-0.1, -0.05) is 18.2 Å². The van der Waals surface area contributed by atoms with E-state index in [4.69, 9.17) is 9.47 Å². The molecule has 9 nitrogen and oxygen atoms in total. The Morgan fingerprint density at radius 1 is 1.10 bits per heavy atom. The second-order valence-electron chi connectivity index (χ2n) is 9.79. The number of hydrogen-bond acceptors (Lipinski definition) is 6. The van der Waals surface area contributed by atoms with E-state index in [0.717, 1.165) is 22.9 Å². The number of rotatable bonds is 7. The molecule has 208 valence electrons. The summed E-state index contributed by atoms with van der Waals surface area (Å²) < 4.78 is 53.5. The third-order valence-electron chi connectivity index (χ3n) is 7.31. The smallest absolute Gasteiger partial charge is 0.416 e. The third kappa shape index (κ3) is 5.25. The van der Waals surface area contributed by atoms with Crippen molar-refractivity contribution in [1.82, 2.24) is 19.7 Å². The van der Waals surface area contributed by atoms with E-state index in [9.17, 15) is 18.0 Å². The number of benzene rings is 1. The van der Waals surface area contributed by atoms with E-state index in [1.165, 1.54) is 24.1 Å². The first-order chi connectivity index (χ1) is 18.7. The average Bonchev–Trinajstić information content (AvgIpc) is 3.32. The van der Waals surface area contributed by atoms with Crippen LogP contribution in [0, 0.1) is 6.92 Å². The van der Waals surface area contributed by atoms with Crippen molar-refractivity contribution in [3.63, 3.8) is 0 Å². The van der Waals surface area contributed by atoms with Gasteiger partial charge in [0, 0.05) is 44.2 Å². The van der Waals surface area contributed by atoms with E-state index in [-0.39, 0.29) is 30.9 Å². The van der Waals surface area contributed by atoms with Gasteiger partial charge in [-0.05, 0) is 43.0 Å². The minimum Gasteiger partial charge on any atom is -0.480 e. The van der Waals surface area contributed by atoms with Gasteiger partial charge in [0.15, 0.2) is 5.82 Å². The largest absolute Gasteiger partial charge is 0.480 e. The minimum atomic E-state index is -4.54. The molecule has 12 heteroatoms. The van der Waals surface area contributed by atoms with Gasteiger partial charge in [-0.2, -0.15) is 18.3 Å². The predicted molar refractivity (Wildman–Crippen MR) is 139 cm³/mol. The molecule has 5 rings (SSSR count). The Hall–Kier alpha value is -3.80. The molecule has 0 aliphatic carbocycles. The molecule has 1 fully saturated rings. The number of piperidine rings is 1. The Morgan fingerprint density at radius 3 is 2.54 bits per heavy atom. The van der Waals surface area contributed by atoms with Gasteiger partial charge in [-0.3, -0.25) is 4.90 Å². The van der Waals surface area contributed by atoms with Crippen LogP contribution in [-0.4, -0.2) is 59.0 Å². The molecule has 0 radical (unpaired) electrons. The van der Waals surface area contributed by atoms with Crippen LogP contribution in [0.15, 0.2) is 42.7 Å². The highest BCUT2D eigenvalue weighted by atomic mass is 19.4. The molecular formula is C27H31F3N6O3. The maximum absolute atomic E-state index is 13.9. The Kier molecular flexibility index (Phi) is 7.39. The van der Waals surface area contributed by atoms with Crippen molar-refractivity contribution in [3.8, 4) is 5.88 Å². The summed E-state index contributed by atoms with van der Waals surface area (Å²) in [6, 6.07) is 6.84. The number of carbonyl (C=O) groups is 1. The summed E-state index contributed by atoms with van der Waals surface area (Å²) in [7, 11) is 3.12. The van der Waals surface area contributed by atoms with Crippen LogP contribution in [0.25, 0.3) is 0 Å².